The van der Waals surface area contributed by atoms with Gasteiger partial charge in [-0.05, 0) is 62.8 Å². The van der Waals surface area contributed by atoms with Gasteiger partial charge < -0.3 is 25.8 Å². The van der Waals surface area contributed by atoms with Gasteiger partial charge in [0.2, 0.25) is 5.91 Å². The quantitative estimate of drug-likeness (QED) is 0.386. The molecule has 4 aliphatic heterocycles. The first kappa shape index (κ1) is 26.8. The summed E-state index contributed by atoms with van der Waals surface area (Å²) in [5.74, 6) is 3.15. The highest BCUT2D eigenvalue weighted by molar-refractivity contribution is 5.76. The topological polar surface area (TPSA) is 113 Å². The Morgan fingerprint density at radius 1 is 1.06 bits per heavy atom. The second kappa shape index (κ2) is 12.8. The summed E-state index contributed by atoms with van der Waals surface area (Å²) in [5, 5.41) is 7.11. The number of hydrazine groups is 1. The van der Waals surface area contributed by atoms with Crippen LogP contribution in [-0.4, -0.2) is 81.3 Å². The zero-order valence-electron chi connectivity index (χ0n) is 22.3. The van der Waals surface area contributed by atoms with E-state index in [9.17, 15) is 4.79 Å². The van der Waals surface area contributed by atoms with Gasteiger partial charge in [-0.3, -0.25) is 9.69 Å². The van der Waals surface area contributed by atoms with Crippen molar-refractivity contribution in [3.05, 3.63) is 0 Å². The summed E-state index contributed by atoms with van der Waals surface area (Å²) in [6.45, 7) is 9.03. The van der Waals surface area contributed by atoms with E-state index in [0.717, 1.165) is 95.9 Å². The van der Waals surface area contributed by atoms with Crippen molar-refractivity contribution in [3.63, 3.8) is 0 Å². The molecule has 4 heterocycles. The zero-order valence-corrected chi connectivity index (χ0v) is 22.3. The highest BCUT2D eigenvalue weighted by atomic mass is 16.5. The highest BCUT2D eigenvalue weighted by Gasteiger charge is 2.44. The second-order valence-corrected chi connectivity index (χ2v) is 12.1. The minimum Gasteiger partial charge on any atom is -0.381 e. The monoisotopic (exact) mass is 506 g/mol. The van der Waals surface area contributed by atoms with Crippen molar-refractivity contribution in [2.75, 3.05) is 46.0 Å². The average molecular weight is 507 g/mol. The first-order chi connectivity index (χ1) is 17.6. The summed E-state index contributed by atoms with van der Waals surface area (Å²) in [7, 11) is 0. The van der Waals surface area contributed by atoms with Gasteiger partial charge in [0.25, 0.3) is 0 Å². The number of nitrogens with one attached hydrogen (secondary N) is 4. The maximum atomic E-state index is 11.5. The van der Waals surface area contributed by atoms with Gasteiger partial charge in [-0.15, -0.1) is 0 Å². The van der Waals surface area contributed by atoms with Crippen LogP contribution in [0.4, 0.5) is 0 Å². The smallest absolute Gasteiger partial charge is 0.220 e. The number of carbonyl (C=O) groups excluding carboxylic acids is 1. The van der Waals surface area contributed by atoms with Gasteiger partial charge in [0.1, 0.15) is 0 Å². The van der Waals surface area contributed by atoms with E-state index in [-0.39, 0.29) is 18.0 Å². The molecule has 6 fully saturated rings. The molecule has 9 nitrogen and oxygen atoms in total. The van der Waals surface area contributed by atoms with Crippen molar-refractivity contribution < 1.29 is 14.3 Å². The molecule has 6 aliphatic rings. The van der Waals surface area contributed by atoms with Crippen LogP contribution < -0.4 is 27.2 Å². The number of amides is 1. The minimum atomic E-state index is -0.145. The Morgan fingerprint density at radius 2 is 1.94 bits per heavy atom. The molecule has 1 amide bonds. The Hall–Kier alpha value is -0.810. The van der Waals surface area contributed by atoms with Crippen LogP contribution in [0.2, 0.25) is 0 Å². The van der Waals surface area contributed by atoms with E-state index in [1.165, 1.54) is 25.7 Å². The van der Waals surface area contributed by atoms with Crippen molar-refractivity contribution in [2.24, 2.45) is 35.3 Å². The maximum Gasteiger partial charge on any atom is 0.220 e. The van der Waals surface area contributed by atoms with Crippen molar-refractivity contribution in [3.8, 4) is 0 Å². The molecule has 0 spiro atoms. The van der Waals surface area contributed by atoms with E-state index in [1.807, 2.05) is 0 Å². The van der Waals surface area contributed by atoms with Crippen LogP contribution >= 0.6 is 0 Å². The van der Waals surface area contributed by atoms with Crippen molar-refractivity contribution in [1.29, 1.82) is 0 Å². The van der Waals surface area contributed by atoms with E-state index >= 15 is 0 Å². The van der Waals surface area contributed by atoms with Gasteiger partial charge in [-0.1, -0.05) is 26.2 Å². The maximum absolute atomic E-state index is 11.5. The van der Waals surface area contributed by atoms with E-state index < -0.39 is 0 Å². The number of rotatable bonds is 4. The third-order valence-electron chi connectivity index (χ3n) is 9.81. The zero-order chi connectivity index (χ0) is 24.9. The molecule has 6 N–H and O–H groups in total. The second-order valence-electron chi connectivity index (χ2n) is 12.1. The summed E-state index contributed by atoms with van der Waals surface area (Å²) in [4.78, 5) is 14.0. The molecule has 6 rings (SSSR count). The van der Waals surface area contributed by atoms with E-state index in [0.29, 0.717) is 24.2 Å². The number of fused-ring (bicyclic) bond motifs is 4. The molecular formula is C27H50N6O3. The van der Waals surface area contributed by atoms with E-state index in [4.69, 9.17) is 15.2 Å². The van der Waals surface area contributed by atoms with Gasteiger partial charge >= 0.3 is 0 Å². The molecule has 9 unspecified atom stereocenters. The van der Waals surface area contributed by atoms with Gasteiger partial charge in [-0.2, -0.15) is 0 Å². The Kier molecular flexibility index (Phi) is 9.54. The van der Waals surface area contributed by atoms with Crippen LogP contribution in [0.15, 0.2) is 0 Å². The van der Waals surface area contributed by atoms with Crippen molar-refractivity contribution in [2.45, 2.75) is 89.2 Å². The van der Waals surface area contributed by atoms with Crippen molar-refractivity contribution >= 4 is 5.91 Å². The lowest BCUT2D eigenvalue weighted by Crippen LogP contribution is -2.53. The molecule has 36 heavy (non-hydrogen) atoms. The molecule has 0 aromatic heterocycles. The standard InChI is InChI=1S/C17H32N6O2.C10H18O/c18-16(24)11-2-1-3-12(8-11)20-10-15-21-22-17-13-4-5-19-9-14(13)25-7-6-23(15)17;1-8-6-11-7-9-4-2-3-5-10(8)9/h11-15,17,19-22H,1-10H2,(H2,18,24);8-10H,2-7H2,1H3. The normalized spacial score (nSPS) is 43.2. The van der Waals surface area contributed by atoms with Crippen LogP contribution in [-0.2, 0) is 14.3 Å². The summed E-state index contributed by atoms with van der Waals surface area (Å²) in [5.41, 5.74) is 12.5. The van der Waals surface area contributed by atoms with E-state index in [2.05, 4.69) is 33.3 Å². The minimum absolute atomic E-state index is 0.0377. The molecule has 9 atom stereocenters. The van der Waals surface area contributed by atoms with Crippen LogP contribution in [0.25, 0.3) is 0 Å². The largest absolute Gasteiger partial charge is 0.381 e. The fraction of sp³-hybridized carbons (Fsp3) is 0.963. The molecule has 0 aromatic carbocycles. The third-order valence-corrected chi connectivity index (χ3v) is 9.81. The van der Waals surface area contributed by atoms with Crippen LogP contribution in [0.3, 0.4) is 0 Å². The molecular weight excluding hydrogens is 456 g/mol. The number of hydrogen-bond acceptors (Lipinski definition) is 8. The average Bonchev–Trinajstić information content (AvgIpc) is 3.21. The number of hydrogen-bond donors (Lipinski definition) is 5. The SMILES string of the molecule is CC1COCC2CCCCC12.NC(=O)C1CCCC(NCC2NNC3C4CCNCC4OCCN23)C1. The molecule has 4 saturated heterocycles. The lowest BCUT2D eigenvalue weighted by atomic mass is 9.72. The molecule has 0 bridgehead atoms. The lowest BCUT2D eigenvalue weighted by Gasteiger charge is -2.39. The fourth-order valence-corrected chi connectivity index (χ4v) is 7.69. The first-order valence-corrected chi connectivity index (χ1v) is 14.8. The molecule has 2 saturated carbocycles. The Balaban J connectivity index is 0.000000202. The molecule has 0 radical (unpaired) electrons. The molecule has 2 aliphatic carbocycles. The van der Waals surface area contributed by atoms with Gasteiger partial charge in [0.15, 0.2) is 0 Å². The number of nitrogens with zero attached hydrogens (tertiary/aromatic N) is 1. The van der Waals surface area contributed by atoms with Gasteiger partial charge in [0, 0.05) is 50.7 Å². The number of piperidine rings is 1. The fourth-order valence-electron chi connectivity index (χ4n) is 7.69. The predicted molar refractivity (Wildman–Crippen MR) is 140 cm³/mol. The summed E-state index contributed by atoms with van der Waals surface area (Å²) in [6, 6.07) is 0.391. The predicted octanol–water partition coefficient (Wildman–Crippen LogP) is 1.15. The summed E-state index contributed by atoms with van der Waals surface area (Å²) in [6.07, 6.45) is 11.9. The highest BCUT2D eigenvalue weighted by Crippen LogP contribution is 2.38. The van der Waals surface area contributed by atoms with E-state index in [1.54, 1.807) is 0 Å². The van der Waals surface area contributed by atoms with Gasteiger partial charge in [-0.25, -0.2) is 10.9 Å². The Bertz CT molecular complexity index is 711. The molecule has 206 valence electrons. The third kappa shape index (κ3) is 6.42. The molecule has 0 aromatic rings. The Morgan fingerprint density at radius 3 is 2.81 bits per heavy atom. The van der Waals surface area contributed by atoms with Crippen molar-refractivity contribution in [1.82, 2.24) is 26.4 Å². The first-order valence-electron chi connectivity index (χ1n) is 14.8. The Labute approximate surface area is 217 Å². The number of primary amides is 1. The van der Waals surface area contributed by atoms with Gasteiger partial charge in [0.05, 0.1) is 25.0 Å². The number of ether oxygens (including phenoxy) is 2. The van der Waals surface area contributed by atoms with Crippen LogP contribution in [0.1, 0.15) is 64.7 Å². The summed E-state index contributed by atoms with van der Waals surface area (Å²) >= 11 is 0. The number of nitrogens with two attached hydrogens (primary N) is 1. The summed E-state index contributed by atoms with van der Waals surface area (Å²) < 4.78 is 11.6. The van der Waals surface area contributed by atoms with Crippen LogP contribution in [0.5, 0.6) is 0 Å². The number of carbonyl (C=O) groups is 1. The lowest BCUT2D eigenvalue weighted by molar-refractivity contribution is -0.122. The molecule has 9 heteroatoms. The van der Waals surface area contributed by atoms with Crippen LogP contribution in [0, 0.1) is 29.6 Å².